The van der Waals surface area contributed by atoms with Gasteiger partial charge in [0.1, 0.15) is 18.3 Å². The molecule has 0 aromatic heterocycles. The van der Waals surface area contributed by atoms with Gasteiger partial charge in [0.2, 0.25) is 0 Å². The summed E-state index contributed by atoms with van der Waals surface area (Å²) in [6.07, 6.45) is -3.14. The van der Waals surface area contributed by atoms with E-state index < -0.39 is 30.6 Å². The van der Waals surface area contributed by atoms with Crippen LogP contribution in [0.2, 0.25) is 0 Å². The van der Waals surface area contributed by atoms with E-state index in [0.29, 0.717) is 13.2 Å². The van der Waals surface area contributed by atoms with Crippen molar-refractivity contribution in [2.45, 2.75) is 43.9 Å². The molecule has 6 nitrogen and oxygen atoms in total. The van der Waals surface area contributed by atoms with Crippen LogP contribution in [0.1, 0.15) is 11.1 Å². The molecule has 1 fully saturated rings. The van der Waals surface area contributed by atoms with Crippen LogP contribution in [-0.2, 0) is 27.4 Å². The first-order chi connectivity index (χ1) is 12.7. The first-order valence-electron chi connectivity index (χ1n) is 8.70. The smallest absolute Gasteiger partial charge is 0.173 e. The number of nitrogens with two attached hydrogens (primary N) is 1. The Morgan fingerprint density at radius 3 is 1.85 bits per heavy atom. The lowest BCUT2D eigenvalue weighted by Gasteiger charge is -2.42. The summed E-state index contributed by atoms with van der Waals surface area (Å²) in [6.45, 7) is 0.364. The first kappa shape index (κ1) is 19.0. The van der Waals surface area contributed by atoms with Crippen molar-refractivity contribution in [3.05, 3.63) is 71.8 Å². The number of aliphatic hydroxyl groups is 2. The van der Waals surface area contributed by atoms with Gasteiger partial charge in [-0.1, -0.05) is 60.7 Å². The molecule has 1 saturated heterocycles. The topological polar surface area (TPSA) is 94.2 Å². The van der Waals surface area contributed by atoms with Gasteiger partial charge in [0.25, 0.3) is 0 Å². The van der Waals surface area contributed by atoms with Crippen molar-refractivity contribution >= 4 is 0 Å². The summed E-state index contributed by atoms with van der Waals surface area (Å²) in [6, 6.07) is 18.6. The summed E-state index contributed by atoms with van der Waals surface area (Å²) in [5.41, 5.74) is 8.08. The van der Waals surface area contributed by atoms with Gasteiger partial charge in [0.15, 0.2) is 6.29 Å². The maximum Gasteiger partial charge on any atom is 0.173 e. The summed E-state index contributed by atoms with van der Waals surface area (Å²) >= 11 is 0. The summed E-state index contributed by atoms with van der Waals surface area (Å²) < 4.78 is 17.4. The summed E-state index contributed by atoms with van der Waals surface area (Å²) in [5, 5.41) is 19.7. The lowest BCUT2D eigenvalue weighted by Crippen LogP contribution is -2.63. The fourth-order valence-electron chi connectivity index (χ4n) is 3.03. The zero-order chi connectivity index (χ0) is 18.4. The van der Waals surface area contributed by atoms with Crippen LogP contribution >= 0.6 is 0 Å². The highest BCUT2D eigenvalue weighted by Gasteiger charge is 2.45. The molecule has 1 aliphatic rings. The molecule has 4 N–H and O–H groups in total. The summed E-state index contributed by atoms with van der Waals surface area (Å²) in [5.74, 6) is 0. The van der Waals surface area contributed by atoms with Gasteiger partial charge in [-0.25, -0.2) is 0 Å². The van der Waals surface area contributed by atoms with E-state index in [-0.39, 0.29) is 6.61 Å². The lowest BCUT2D eigenvalue weighted by atomic mass is 9.97. The summed E-state index contributed by atoms with van der Waals surface area (Å²) in [4.78, 5) is 0. The largest absolute Gasteiger partial charge is 0.394 e. The molecule has 6 heteroatoms. The van der Waals surface area contributed by atoms with Gasteiger partial charge in [-0.15, -0.1) is 0 Å². The van der Waals surface area contributed by atoms with Gasteiger partial charge < -0.3 is 30.2 Å². The predicted octanol–water partition coefficient (Wildman–Crippen LogP) is 1.19. The number of benzene rings is 2. The SMILES string of the molecule is NC1C(O)OC(CO)C(OCc2ccccc2)C1OCc1ccccc1. The second kappa shape index (κ2) is 9.23. The molecule has 2 aromatic rings. The minimum Gasteiger partial charge on any atom is -0.394 e. The molecule has 3 rings (SSSR count). The van der Waals surface area contributed by atoms with Crippen molar-refractivity contribution in [3.8, 4) is 0 Å². The van der Waals surface area contributed by atoms with E-state index in [9.17, 15) is 10.2 Å². The average Bonchev–Trinajstić information content (AvgIpc) is 2.69. The van der Waals surface area contributed by atoms with E-state index in [1.165, 1.54) is 0 Å². The van der Waals surface area contributed by atoms with E-state index in [1.807, 2.05) is 60.7 Å². The van der Waals surface area contributed by atoms with E-state index >= 15 is 0 Å². The Labute approximate surface area is 153 Å². The van der Waals surface area contributed by atoms with Gasteiger partial charge in [0, 0.05) is 0 Å². The third-order valence-electron chi connectivity index (χ3n) is 4.46. The highest BCUT2D eigenvalue weighted by Crippen LogP contribution is 2.25. The van der Waals surface area contributed by atoms with Crippen LogP contribution in [0.15, 0.2) is 60.7 Å². The highest BCUT2D eigenvalue weighted by atomic mass is 16.6. The molecular formula is C20H25NO5. The van der Waals surface area contributed by atoms with Gasteiger partial charge in [0.05, 0.1) is 25.9 Å². The van der Waals surface area contributed by atoms with Crippen LogP contribution in [0.5, 0.6) is 0 Å². The van der Waals surface area contributed by atoms with E-state index in [2.05, 4.69) is 0 Å². The van der Waals surface area contributed by atoms with E-state index in [4.69, 9.17) is 19.9 Å². The molecule has 0 spiro atoms. The second-order valence-electron chi connectivity index (χ2n) is 6.35. The fraction of sp³-hybridized carbons (Fsp3) is 0.400. The minimum absolute atomic E-state index is 0.297. The Morgan fingerprint density at radius 1 is 0.846 bits per heavy atom. The number of aliphatic hydroxyl groups excluding tert-OH is 2. The summed E-state index contributed by atoms with van der Waals surface area (Å²) in [7, 11) is 0. The minimum atomic E-state index is -1.22. The Kier molecular flexibility index (Phi) is 6.73. The monoisotopic (exact) mass is 359 g/mol. The van der Waals surface area contributed by atoms with Crippen LogP contribution < -0.4 is 5.73 Å². The van der Waals surface area contributed by atoms with Gasteiger partial charge >= 0.3 is 0 Å². The molecule has 5 unspecified atom stereocenters. The Hall–Kier alpha value is -1.80. The molecule has 0 aliphatic carbocycles. The predicted molar refractivity (Wildman–Crippen MR) is 96.0 cm³/mol. The molecule has 0 saturated carbocycles. The highest BCUT2D eigenvalue weighted by molar-refractivity contribution is 5.14. The standard InChI is InChI=1S/C20H25NO5/c21-17-19(25-13-15-9-5-2-6-10-15)18(16(11-22)26-20(17)23)24-12-14-7-3-1-4-8-14/h1-10,16-20,22-23H,11-13,21H2. The maximum atomic E-state index is 10.1. The quantitative estimate of drug-likeness (QED) is 0.688. The zero-order valence-corrected chi connectivity index (χ0v) is 14.5. The second-order valence-corrected chi connectivity index (χ2v) is 6.35. The molecule has 0 radical (unpaired) electrons. The van der Waals surface area contributed by atoms with Crippen molar-refractivity contribution in [3.63, 3.8) is 0 Å². The Balaban J connectivity index is 1.71. The molecule has 26 heavy (non-hydrogen) atoms. The van der Waals surface area contributed by atoms with Crippen LogP contribution in [0.4, 0.5) is 0 Å². The van der Waals surface area contributed by atoms with Gasteiger partial charge in [-0.05, 0) is 11.1 Å². The first-order valence-corrected chi connectivity index (χ1v) is 8.70. The maximum absolute atomic E-state index is 10.1. The van der Waals surface area contributed by atoms with Crippen molar-refractivity contribution < 1.29 is 24.4 Å². The molecule has 5 atom stereocenters. The molecule has 0 amide bonds. The van der Waals surface area contributed by atoms with Crippen LogP contribution in [0, 0.1) is 0 Å². The van der Waals surface area contributed by atoms with Crippen molar-refractivity contribution in [1.82, 2.24) is 0 Å². The molecule has 0 bridgehead atoms. The lowest BCUT2D eigenvalue weighted by molar-refractivity contribution is -0.270. The zero-order valence-electron chi connectivity index (χ0n) is 14.5. The number of hydrogen-bond acceptors (Lipinski definition) is 6. The molecule has 1 aliphatic heterocycles. The van der Waals surface area contributed by atoms with E-state index in [0.717, 1.165) is 11.1 Å². The normalized spacial score (nSPS) is 28.8. The van der Waals surface area contributed by atoms with Crippen LogP contribution in [0.3, 0.4) is 0 Å². The average molecular weight is 359 g/mol. The molecule has 140 valence electrons. The van der Waals surface area contributed by atoms with Gasteiger partial charge in [-0.3, -0.25) is 0 Å². The van der Waals surface area contributed by atoms with E-state index in [1.54, 1.807) is 0 Å². The van der Waals surface area contributed by atoms with Crippen LogP contribution in [-0.4, -0.2) is 47.5 Å². The third-order valence-corrected chi connectivity index (χ3v) is 4.46. The van der Waals surface area contributed by atoms with Crippen LogP contribution in [0.25, 0.3) is 0 Å². The number of rotatable bonds is 7. The Morgan fingerprint density at radius 2 is 1.35 bits per heavy atom. The fourth-order valence-corrected chi connectivity index (χ4v) is 3.03. The van der Waals surface area contributed by atoms with Crippen molar-refractivity contribution in [1.29, 1.82) is 0 Å². The van der Waals surface area contributed by atoms with Gasteiger partial charge in [-0.2, -0.15) is 0 Å². The van der Waals surface area contributed by atoms with Crippen molar-refractivity contribution in [2.75, 3.05) is 6.61 Å². The number of ether oxygens (including phenoxy) is 3. The molecule has 2 aromatic carbocycles. The van der Waals surface area contributed by atoms with Crippen molar-refractivity contribution in [2.24, 2.45) is 5.73 Å². The third kappa shape index (κ3) is 4.67. The Bertz CT molecular complexity index is 610. The number of hydrogen-bond donors (Lipinski definition) is 3. The molecule has 1 heterocycles. The molecular weight excluding hydrogens is 334 g/mol.